The van der Waals surface area contributed by atoms with Gasteiger partial charge in [-0.25, -0.2) is 4.39 Å². The second-order valence-corrected chi connectivity index (χ2v) is 7.21. The van der Waals surface area contributed by atoms with Crippen molar-refractivity contribution in [3.8, 4) is 0 Å². The van der Waals surface area contributed by atoms with Crippen molar-refractivity contribution in [3.05, 3.63) is 77.3 Å². The van der Waals surface area contributed by atoms with Crippen LogP contribution in [0.2, 0.25) is 0 Å². The lowest BCUT2D eigenvalue weighted by Gasteiger charge is -2.36. The molecule has 146 valence electrons. The van der Waals surface area contributed by atoms with Gasteiger partial charge in [0, 0.05) is 43.3 Å². The summed E-state index contributed by atoms with van der Waals surface area (Å²) in [6.45, 7) is 7.40. The van der Waals surface area contributed by atoms with Gasteiger partial charge in [0.25, 0.3) is 5.91 Å². The minimum atomic E-state index is -0.234. The largest absolute Gasteiger partial charge is 0.467 e. The Morgan fingerprint density at radius 3 is 2.43 bits per heavy atom. The zero-order valence-corrected chi connectivity index (χ0v) is 16.2. The Kier molecular flexibility index (Phi) is 4.94. The maximum atomic E-state index is 13.1. The first-order chi connectivity index (χ1) is 13.5. The molecule has 4 rings (SSSR count). The molecule has 0 N–H and O–H groups in total. The number of anilines is 1. The topological polar surface area (TPSA) is 41.6 Å². The lowest BCUT2D eigenvalue weighted by Crippen LogP contribution is -2.48. The fourth-order valence-corrected chi connectivity index (χ4v) is 3.81. The van der Waals surface area contributed by atoms with Crippen LogP contribution in [0.25, 0.3) is 0 Å². The smallest absolute Gasteiger partial charge is 0.255 e. The third-order valence-electron chi connectivity index (χ3n) is 5.46. The van der Waals surface area contributed by atoms with Crippen LogP contribution in [0.15, 0.2) is 53.1 Å². The summed E-state index contributed by atoms with van der Waals surface area (Å²) in [5.41, 5.74) is 3.74. The Morgan fingerprint density at radius 2 is 1.79 bits per heavy atom. The van der Waals surface area contributed by atoms with Gasteiger partial charge in [-0.15, -0.1) is 0 Å². The molecule has 28 heavy (non-hydrogen) atoms. The van der Waals surface area contributed by atoms with E-state index in [9.17, 15) is 9.18 Å². The third-order valence-corrected chi connectivity index (χ3v) is 5.46. The van der Waals surface area contributed by atoms with E-state index in [1.165, 1.54) is 12.1 Å². The van der Waals surface area contributed by atoms with Crippen LogP contribution in [0.3, 0.4) is 0 Å². The van der Waals surface area contributed by atoms with Gasteiger partial charge in [0.15, 0.2) is 0 Å². The van der Waals surface area contributed by atoms with Crippen LogP contribution in [-0.4, -0.2) is 41.6 Å². The Balaban J connectivity index is 1.45. The third kappa shape index (κ3) is 3.54. The summed E-state index contributed by atoms with van der Waals surface area (Å²) < 4.78 is 20.7. The van der Waals surface area contributed by atoms with E-state index in [-0.39, 0.29) is 11.7 Å². The van der Waals surface area contributed by atoms with Gasteiger partial charge in [0.2, 0.25) is 0 Å². The van der Waals surface area contributed by atoms with E-state index in [0.717, 1.165) is 41.5 Å². The maximum Gasteiger partial charge on any atom is 0.255 e. The van der Waals surface area contributed by atoms with E-state index < -0.39 is 0 Å². The number of piperazine rings is 1. The molecule has 1 aliphatic heterocycles. The van der Waals surface area contributed by atoms with E-state index in [4.69, 9.17) is 4.42 Å². The molecule has 5 nitrogen and oxygen atoms in total. The number of aryl methyl sites for hydroxylation is 1. The van der Waals surface area contributed by atoms with E-state index in [0.29, 0.717) is 19.6 Å². The number of hydrogen-bond donors (Lipinski definition) is 0. The minimum Gasteiger partial charge on any atom is -0.467 e. The molecule has 0 radical (unpaired) electrons. The van der Waals surface area contributed by atoms with Crippen molar-refractivity contribution in [1.29, 1.82) is 0 Å². The van der Waals surface area contributed by atoms with E-state index >= 15 is 0 Å². The molecule has 3 heterocycles. The average molecular weight is 381 g/mol. The molecular weight excluding hydrogens is 357 g/mol. The van der Waals surface area contributed by atoms with Crippen molar-refractivity contribution >= 4 is 11.6 Å². The Bertz CT molecular complexity index is 953. The van der Waals surface area contributed by atoms with Crippen LogP contribution in [0.4, 0.5) is 10.1 Å². The molecule has 1 saturated heterocycles. The van der Waals surface area contributed by atoms with Gasteiger partial charge < -0.3 is 18.8 Å². The molecule has 0 spiro atoms. The normalized spacial score (nSPS) is 14.5. The summed E-state index contributed by atoms with van der Waals surface area (Å²) in [4.78, 5) is 17.2. The minimum absolute atomic E-state index is 0.0672. The first-order valence-corrected chi connectivity index (χ1v) is 9.52. The molecule has 1 aliphatic rings. The first kappa shape index (κ1) is 18.3. The molecule has 0 bridgehead atoms. The summed E-state index contributed by atoms with van der Waals surface area (Å²) in [6, 6.07) is 12.3. The zero-order valence-electron chi connectivity index (χ0n) is 16.2. The molecule has 1 fully saturated rings. The highest BCUT2D eigenvalue weighted by molar-refractivity contribution is 5.96. The highest BCUT2D eigenvalue weighted by atomic mass is 19.1. The first-order valence-electron chi connectivity index (χ1n) is 9.52. The van der Waals surface area contributed by atoms with E-state index in [1.807, 2.05) is 36.9 Å². The molecule has 3 aromatic rings. The Hall–Kier alpha value is -3.02. The van der Waals surface area contributed by atoms with Crippen LogP contribution in [0.5, 0.6) is 0 Å². The van der Waals surface area contributed by atoms with Gasteiger partial charge in [0.05, 0.1) is 18.4 Å². The van der Waals surface area contributed by atoms with Gasteiger partial charge in [0.1, 0.15) is 11.6 Å². The Morgan fingerprint density at radius 1 is 1.07 bits per heavy atom. The SMILES string of the molecule is Cc1cc(C(=O)N2CCN(c3ccc(F)cc3)CC2)c(C)n1Cc1ccco1. The van der Waals surface area contributed by atoms with Crippen molar-refractivity contribution < 1.29 is 13.6 Å². The summed E-state index contributed by atoms with van der Waals surface area (Å²) >= 11 is 0. The molecular formula is C22H24FN3O2. The Labute approximate surface area is 164 Å². The quantitative estimate of drug-likeness (QED) is 0.689. The molecule has 2 aromatic heterocycles. The highest BCUT2D eigenvalue weighted by Crippen LogP contribution is 2.21. The van der Waals surface area contributed by atoms with Crippen LogP contribution in [0.1, 0.15) is 27.5 Å². The molecule has 6 heteroatoms. The molecule has 0 unspecified atom stereocenters. The summed E-state index contributed by atoms with van der Waals surface area (Å²) in [5, 5.41) is 0. The van der Waals surface area contributed by atoms with Gasteiger partial charge in [-0.2, -0.15) is 0 Å². The summed E-state index contributed by atoms with van der Waals surface area (Å²) in [7, 11) is 0. The highest BCUT2D eigenvalue weighted by Gasteiger charge is 2.25. The van der Waals surface area contributed by atoms with Crippen molar-refractivity contribution in [1.82, 2.24) is 9.47 Å². The van der Waals surface area contributed by atoms with Crippen molar-refractivity contribution in [2.24, 2.45) is 0 Å². The summed E-state index contributed by atoms with van der Waals surface area (Å²) in [5.74, 6) is 0.703. The van der Waals surface area contributed by atoms with Gasteiger partial charge in [-0.3, -0.25) is 4.79 Å². The second-order valence-electron chi connectivity index (χ2n) is 7.21. The van der Waals surface area contributed by atoms with Crippen molar-refractivity contribution in [3.63, 3.8) is 0 Å². The fourth-order valence-electron chi connectivity index (χ4n) is 3.81. The molecule has 1 aromatic carbocycles. The number of carbonyl (C=O) groups excluding carboxylic acids is 1. The number of furan rings is 1. The fraction of sp³-hybridized carbons (Fsp3) is 0.318. The van der Waals surface area contributed by atoms with Crippen molar-refractivity contribution in [2.75, 3.05) is 31.1 Å². The second kappa shape index (κ2) is 7.54. The summed E-state index contributed by atoms with van der Waals surface area (Å²) in [6.07, 6.45) is 1.66. The maximum absolute atomic E-state index is 13.1. The lowest BCUT2D eigenvalue weighted by atomic mass is 10.2. The van der Waals surface area contributed by atoms with Gasteiger partial charge in [-0.05, 0) is 56.3 Å². The van der Waals surface area contributed by atoms with Gasteiger partial charge in [-0.1, -0.05) is 0 Å². The average Bonchev–Trinajstić information content (AvgIpc) is 3.32. The van der Waals surface area contributed by atoms with Crippen LogP contribution in [-0.2, 0) is 6.54 Å². The van der Waals surface area contributed by atoms with E-state index in [1.54, 1.807) is 18.4 Å². The number of benzene rings is 1. The number of aromatic nitrogens is 1. The predicted octanol–water partition coefficient (Wildman–Crippen LogP) is 3.85. The standard InChI is InChI=1S/C22H24FN3O2/c1-16-14-21(17(2)26(16)15-20-4-3-13-28-20)22(27)25-11-9-24(10-12-25)19-7-5-18(23)6-8-19/h3-8,13-14H,9-12,15H2,1-2H3. The van der Waals surface area contributed by atoms with Crippen molar-refractivity contribution in [2.45, 2.75) is 20.4 Å². The molecule has 0 aliphatic carbocycles. The number of carbonyl (C=O) groups is 1. The predicted molar refractivity (Wildman–Crippen MR) is 106 cm³/mol. The van der Waals surface area contributed by atoms with Crippen LogP contribution >= 0.6 is 0 Å². The van der Waals surface area contributed by atoms with Gasteiger partial charge >= 0.3 is 0 Å². The van der Waals surface area contributed by atoms with Crippen LogP contribution in [0, 0.1) is 19.7 Å². The lowest BCUT2D eigenvalue weighted by molar-refractivity contribution is 0.0746. The molecule has 0 atom stereocenters. The van der Waals surface area contributed by atoms with E-state index in [2.05, 4.69) is 9.47 Å². The molecule has 1 amide bonds. The van der Waals surface area contributed by atoms with Crippen LogP contribution < -0.4 is 4.90 Å². The number of halogens is 1. The number of nitrogens with zero attached hydrogens (tertiary/aromatic N) is 3. The number of hydrogen-bond acceptors (Lipinski definition) is 3. The number of rotatable bonds is 4. The monoisotopic (exact) mass is 381 g/mol. The zero-order chi connectivity index (χ0) is 19.7. The molecule has 0 saturated carbocycles. The number of amides is 1.